The summed E-state index contributed by atoms with van der Waals surface area (Å²) >= 11 is 0. The van der Waals surface area contributed by atoms with Gasteiger partial charge >= 0.3 is 0 Å². The Morgan fingerprint density at radius 2 is 1.73 bits per heavy atom. The van der Waals surface area contributed by atoms with Gasteiger partial charge in [0.25, 0.3) is 0 Å². The summed E-state index contributed by atoms with van der Waals surface area (Å²) in [6, 6.07) is 0. The van der Waals surface area contributed by atoms with E-state index in [9.17, 15) is 0 Å². The van der Waals surface area contributed by atoms with Crippen LogP contribution in [-0.4, -0.2) is 0 Å². The van der Waals surface area contributed by atoms with Gasteiger partial charge in [0.05, 0.1) is 0 Å². The predicted octanol–water partition coefficient (Wildman–Crippen LogP) is 5.28. The van der Waals surface area contributed by atoms with Crippen LogP contribution < -0.4 is 0 Å². The second-order valence-corrected chi connectivity index (χ2v) is 6.24. The van der Waals surface area contributed by atoms with Gasteiger partial charge in [0.1, 0.15) is 0 Å². The average molecular weight is 210 g/mol. The van der Waals surface area contributed by atoms with E-state index < -0.39 is 0 Å². The predicted molar refractivity (Wildman–Crippen MR) is 69.0 cm³/mol. The first-order chi connectivity index (χ1) is 6.98. The van der Waals surface area contributed by atoms with E-state index in [1.165, 1.54) is 32.1 Å². The van der Waals surface area contributed by atoms with Crippen LogP contribution in [0.25, 0.3) is 0 Å². The highest BCUT2D eigenvalue weighted by atomic mass is 14.7. The Morgan fingerprint density at radius 3 is 2.07 bits per heavy atom. The molecule has 0 aromatic carbocycles. The fourth-order valence-corrected chi connectivity index (χ4v) is 4.72. The molecule has 0 nitrogen and oxygen atoms in total. The van der Waals surface area contributed by atoms with Crippen molar-refractivity contribution in [2.45, 2.75) is 73.6 Å². The minimum atomic E-state index is 0.653. The normalized spacial score (nSPS) is 39.8. The molecular formula is C15H30. The Bertz CT molecular complexity index is 206. The van der Waals surface area contributed by atoms with E-state index in [0.29, 0.717) is 10.8 Å². The quantitative estimate of drug-likeness (QED) is 0.560. The van der Waals surface area contributed by atoms with Gasteiger partial charge in [-0.05, 0) is 41.9 Å². The molecule has 0 aromatic heterocycles. The Hall–Kier alpha value is 0. The Kier molecular flexibility index (Phi) is 3.90. The third-order valence-corrected chi connectivity index (χ3v) is 5.06. The van der Waals surface area contributed by atoms with Crippen molar-refractivity contribution in [1.82, 2.24) is 0 Å². The number of hydrogen-bond acceptors (Lipinski definition) is 0. The molecule has 0 heteroatoms. The van der Waals surface area contributed by atoms with Gasteiger partial charge < -0.3 is 0 Å². The summed E-state index contributed by atoms with van der Waals surface area (Å²) in [6.07, 6.45) is 7.02. The summed E-state index contributed by atoms with van der Waals surface area (Å²) in [5.41, 5.74) is 1.35. The van der Waals surface area contributed by atoms with Crippen LogP contribution in [0.2, 0.25) is 0 Å². The van der Waals surface area contributed by atoms with E-state index in [4.69, 9.17) is 0 Å². The van der Waals surface area contributed by atoms with Gasteiger partial charge in [0.15, 0.2) is 0 Å². The molecule has 1 fully saturated rings. The molecule has 0 saturated heterocycles. The zero-order valence-corrected chi connectivity index (χ0v) is 11.7. The summed E-state index contributed by atoms with van der Waals surface area (Å²) < 4.78 is 0. The smallest absolute Gasteiger partial charge is 0.0210 e. The lowest BCUT2D eigenvalue weighted by Gasteiger charge is -2.22. The maximum absolute atomic E-state index is 2.56. The van der Waals surface area contributed by atoms with Crippen molar-refractivity contribution >= 4 is 0 Å². The summed E-state index contributed by atoms with van der Waals surface area (Å²) in [6.45, 7) is 14.4. The molecule has 0 heterocycles. The van der Waals surface area contributed by atoms with Crippen molar-refractivity contribution in [3.63, 3.8) is 0 Å². The van der Waals surface area contributed by atoms with Gasteiger partial charge in [0, 0.05) is 0 Å². The van der Waals surface area contributed by atoms with Gasteiger partial charge in [0.2, 0.25) is 0 Å². The second-order valence-electron chi connectivity index (χ2n) is 6.24. The lowest BCUT2D eigenvalue weighted by Crippen LogP contribution is -2.12. The van der Waals surface area contributed by atoms with Crippen LogP contribution in [0, 0.1) is 22.7 Å². The minimum Gasteiger partial charge on any atom is -0.0654 e. The molecule has 0 N–H and O–H groups in total. The molecule has 1 aliphatic carbocycles. The molecule has 15 heavy (non-hydrogen) atoms. The zero-order chi connectivity index (χ0) is 11.7. The van der Waals surface area contributed by atoms with E-state index in [-0.39, 0.29) is 0 Å². The third kappa shape index (κ3) is 1.85. The van der Waals surface area contributed by atoms with Gasteiger partial charge in [-0.1, -0.05) is 54.4 Å². The van der Waals surface area contributed by atoms with E-state index in [1.807, 2.05) is 0 Å². The number of hydrogen-bond donors (Lipinski definition) is 0. The van der Waals surface area contributed by atoms with Crippen molar-refractivity contribution in [2.75, 3.05) is 0 Å². The summed E-state index contributed by atoms with van der Waals surface area (Å²) in [5.74, 6) is 1.85. The highest BCUT2D eigenvalue weighted by Crippen LogP contribution is 2.76. The van der Waals surface area contributed by atoms with E-state index in [2.05, 4.69) is 41.5 Å². The number of rotatable bonds is 6. The van der Waals surface area contributed by atoms with Crippen LogP contribution in [0.4, 0.5) is 0 Å². The zero-order valence-electron chi connectivity index (χ0n) is 11.7. The highest BCUT2D eigenvalue weighted by Gasteiger charge is 2.69. The lowest BCUT2D eigenvalue weighted by atomic mass is 9.83. The Morgan fingerprint density at radius 1 is 1.13 bits per heavy atom. The van der Waals surface area contributed by atoms with Crippen molar-refractivity contribution in [1.29, 1.82) is 0 Å². The van der Waals surface area contributed by atoms with Gasteiger partial charge in [-0.2, -0.15) is 0 Å². The van der Waals surface area contributed by atoms with Crippen LogP contribution in [0.3, 0.4) is 0 Å². The standard InChI is InChI=1S/C15H30/c1-7-10-15(9-3)13(8-2)14(15,6)11-12(4)5/h12-13H,7-11H2,1-6H3. The molecule has 0 aliphatic heterocycles. The van der Waals surface area contributed by atoms with Crippen molar-refractivity contribution in [3.8, 4) is 0 Å². The van der Waals surface area contributed by atoms with Gasteiger partial charge in [-0.15, -0.1) is 0 Å². The largest absolute Gasteiger partial charge is 0.0654 e. The van der Waals surface area contributed by atoms with Crippen molar-refractivity contribution in [3.05, 3.63) is 0 Å². The van der Waals surface area contributed by atoms with E-state index >= 15 is 0 Å². The summed E-state index contributed by atoms with van der Waals surface area (Å²) in [7, 11) is 0. The molecular weight excluding hydrogens is 180 g/mol. The first-order valence-corrected chi connectivity index (χ1v) is 6.98. The summed E-state index contributed by atoms with van der Waals surface area (Å²) in [5, 5.41) is 0. The second kappa shape index (κ2) is 4.47. The molecule has 1 rings (SSSR count). The van der Waals surface area contributed by atoms with Gasteiger partial charge in [-0.3, -0.25) is 0 Å². The first-order valence-electron chi connectivity index (χ1n) is 6.98. The van der Waals surface area contributed by atoms with Crippen LogP contribution in [0.1, 0.15) is 73.6 Å². The Labute approximate surface area is 96.8 Å². The Balaban J connectivity index is 2.80. The maximum atomic E-state index is 2.56. The van der Waals surface area contributed by atoms with Crippen LogP contribution in [-0.2, 0) is 0 Å². The third-order valence-electron chi connectivity index (χ3n) is 5.06. The maximum Gasteiger partial charge on any atom is -0.0210 e. The highest BCUT2D eigenvalue weighted by molar-refractivity contribution is 5.17. The molecule has 3 atom stereocenters. The van der Waals surface area contributed by atoms with Crippen LogP contribution >= 0.6 is 0 Å². The lowest BCUT2D eigenvalue weighted by molar-refractivity contribution is 0.278. The molecule has 0 radical (unpaired) electrons. The minimum absolute atomic E-state index is 0.653. The first kappa shape index (κ1) is 13.1. The van der Waals surface area contributed by atoms with Crippen molar-refractivity contribution < 1.29 is 0 Å². The molecule has 3 unspecified atom stereocenters. The summed E-state index contributed by atoms with van der Waals surface area (Å²) in [4.78, 5) is 0. The average Bonchev–Trinajstić information content (AvgIpc) is 2.64. The van der Waals surface area contributed by atoms with Crippen molar-refractivity contribution in [2.24, 2.45) is 22.7 Å². The van der Waals surface area contributed by atoms with E-state index in [1.54, 1.807) is 0 Å². The van der Waals surface area contributed by atoms with Gasteiger partial charge in [-0.25, -0.2) is 0 Å². The molecule has 0 spiro atoms. The molecule has 90 valence electrons. The van der Waals surface area contributed by atoms with E-state index in [0.717, 1.165) is 11.8 Å². The molecule has 0 amide bonds. The molecule has 0 bridgehead atoms. The topological polar surface area (TPSA) is 0 Å². The molecule has 1 saturated carbocycles. The van der Waals surface area contributed by atoms with Crippen LogP contribution in [0.15, 0.2) is 0 Å². The SMILES string of the molecule is CCCC1(CC)C(CC)C1(C)CC(C)C. The fourth-order valence-electron chi connectivity index (χ4n) is 4.72. The molecule has 1 aliphatic rings. The molecule has 0 aromatic rings. The monoisotopic (exact) mass is 210 g/mol. The fraction of sp³-hybridized carbons (Fsp3) is 1.00. The van der Waals surface area contributed by atoms with Crippen LogP contribution in [0.5, 0.6) is 0 Å².